The van der Waals surface area contributed by atoms with Crippen LogP contribution < -0.4 is 0 Å². The summed E-state index contributed by atoms with van der Waals surface area (Å²) >= 11 is 0. The number of unbranched alkanes of at least 4 members (excludes halogenated alkanes) is 1. The number of allylic oxidation sites excluding steroid dienone is 2. The average molecular weight is 262 g/mol. The Balaban J connectivity index is 1.45. The summed E-state index contributed by atoms with van der Waals surface area (Å²) in [5.74, 6) is 2.68. The van der Waals surface area contributed by atoms with Gasteiger partial charge in [-0.25, -0.2) is 0 Å². The van der Waals surface area contributed by atoms with E-state index in [1.54, 1.807) is 0 Å². The van der Waals surface area contributed by atoms with Crippen molar-refractivity contribution in [1.29, 1.82) is 0 Å². The molecule has 4 bridgehead atoms. The maximum atomic E-state index is 12.2. The molecule has 0 amide bonds. The molecule has 104 valence electrons. The summed E-state index contributed by atoms with van der Waals surface area (Å²) in [6, 6.07) is 0. The van der Waals surface area contributed by atoms with E-state index in [1.165, 1.54) is 6.42 Å². The summed E-state index contributed by atoms with van der Waals surface area (Å²) < 4.78 is 11.5. The van der Waals surface area contributed by atoms with E-state index in [1.807, 2.05) is 0 Å². The first kappa shape index (κ1) is 12.0. The zero-order chi connectivity index (χ0) is 13.0. The fourth-order valence-corrected chi connectivity index (χ4v) is 4.88. The van der Waals surface area contributed by atoms with E-state index in [0.29, 0.717) is 30.5 Å². The third-order valence-corrected chi connectivity index (χ3v) is 5.65. The lowest BCUT2D eigenvalue weighted by Crippen LogP contribution is -2.39. The Hall–Kier alpha value is -0.830. The molecule has 2 heterocycles. The van der Waals surface area contributed by atoms with Gasteiger partial charge in [0.2, 0.25) is 0 Å². The lowest BCUT2D eigenvalue weighted by atomic mass is 9.69. The van der Waals surface area contributed by atoms with Gasteiger partial charge in [0, 0.05) is 0 Å². The van der Waals surface area contributed by atoms with E-state index in [9.17, 15) is 4.79 Å². The normalized spacial score (nSPS) is 48.8. The molecular weight excluding hydrogens is 240 g/mol. The van der Waals surface area contributed by atoms with Crippen molar-refractivity contribution >= 4 is 5.97 Å². The molecule has 7 atom stereocenters. The Morgan fingerprint density at radius 3 is 2.84 bits per heavy atom. The summed E-state index contributed by atoms with van der Waals surface area (Å²) in [4.78, 5) is 12.2. The first-order valence-electron chi connectivity index (χ1n) is 7.80. The van der Waals surface area contributed by atoms with Gasteiger partial charge < -0.3 is 9.47 Å². The smallest absolute Gasteiger partial charge is 0.311 e. The third kappa shape index (κ3) is 1.63. The number of fused-ring (bicyclic) bond motifs is 9. The molecule has 4 aliphatic rings. The summed E-state index contributed by atoms with van der Waals surface area (Å²) in [6.45, 7) is 2.68. The van der Waals surface area contributed by atoms with Crippen LogP contribution in [0.3, 0.4) is 0 Å². The zero-order valence-corrected chi connectivity index (χ0v) is 11.5. The van der Waals surface area contributed by atoms with E-state index < -0.39 is 0 Å². The molecular formula is C16H22O3. The molecule has 2 saturated heterocycles. The van der Waals surface area contributed by atoms with Crippen LogP contribution in [0.15, 0.2) is 12.2 Å². The highest BCUT2D eigenvalue weighted by Crippen LogP contribution is 2.61. The first-order valence-corrected chi connectivity index (χ1v) is 7.80. The van der Waals surface area contributed by atoms with E-state index in [2.05, 4.69) is 19.1 Å². The summed E-state index contributed by atoms with van der Waals surface area (Å²) in [7, 11) is 0. The van der Waals surface area contributed by atoms with Crippen LogP contribution >= 0.6 is 0 Å². The van der Waals surface area contributed by atoms with E-state index >= 15 is 0 Å². The molecule has 19 heavy (non-hydrogen) atoms. The number of hydrogen-bond acceptors (Lipinski definition) is 3. The average Bonchev–Trinajstić information content (AvgIpc) is 3.16. The van der Waals surface area contributed by atoms with Crippen LogP contribution in [0.2, 0.25) is 0 Å². The molecule has 0 aromatic carbocycles. The van der Waals surface area contributed by atoms with Crippen LogP contribution in [-0.2, 0) is 14.3 Å². The van der Waals surface area contributed by atoms with Gasteiger partial charge in [-0.15, -0.1) is 0 Å². The Labute approximate surface area is 114 Å². The molecule has 0 N–H and O–H groups in total. The fraction of sp³-hybridized carbons (Fsp3) is 0.812. The van der Waals surface area contributed by atoms with Gasteiger partial charge >= 0.3 is 5.97 Å². The van der Waals surface area contributed by atoms with Crippen LogP contribution in [0.25, 0.3) is 0 Å². The molecule has 0 radical (unpaired) electrons. The highest BCUT2D eigenvalue weighted by Gasteiger charge is 2.63. The minimum absolute atomic E-state index is 0.00819. The van der Waals surface area contributed by atoms with Gasteiger partial charge in [0.25, 0.3) is 0 Å². The van der Waals surface area contributed by atoms with Gasteiger partial charge in [-0.2, -0.15) is 0 Å². The molecule has 0 spiro atoms. The first-order chi connectivity index (χ1) is 9.29. The van der Waals surface area contributed by atoms with Crippen molar-refractivity contribution in [3.63, 3.8) is 0 Å². The van der Waals surface area contributed by atoms with Crippen molar-refractivity contribution in [2.75, 3.05) is 6.61 Å². The van der Waals surface area contributed by atoms with Crippen molar-refractivity contribution in [2.24, 2.45) is 29.6 Å². The Morgan fingerprint density at radius 2 is 2.05 bits per heavy atom. The standard InChI is InChI=1S/C16H22O3/c1-2-3-6-18-16(17)11-8-12-13-9-4-5-10(7-9)14(13)15(11)19-12/h4-5,9-15H,2-3,6-8H2,1H3. The van der Waals surface area contributed by atoms with Gasteiger partial charge in [0.1, 0.15) is 0 Å². The topological polar surface area (TPSA) is 35.5 Å². The van der Waals surface area contributed by atoms with Gasteiger partial charge in [-0.1, -0.05) is 25.5 Å². The minimum Gasteiger partial charge on any atom is -0.465 e. The molecule has 1 saturated carbocycles. The van der Waals surface area contributed by atoms with Crippen LogP contribution in [-0.4, -0.2) is 24.8 Å². The Bertz CT molecular complexity index is 416. The largest absolute Gasteiger partial charge is 0.465 e. The van der Waals surface area contributed by atoms with E-state index in [4.69, 9.17) is 9.47 Å². The molecule has 4 rings (SSSR count). The molecule has 2 aliphatic carbocycles. The van der Waals surface area contributed by atoms with Gasteiger partial charge in [-0.3, -0.25) is 4.79 Å². The molecule has 7 unspecified atom stereocenters. The molecule has 0 aromatic heterocycles. The minimum atomic E-state index is -0.00819. The number of carbonyl (C=O) groups excluding carboxylic acids is 1. The van der Waals surface area contributed by atoms with Crippen molar-refractivity contribution < 1.29 is 14.3 Å². The molecule has 3 heteroatoms. The fourth-order valence-electron chi connectivity index (χ4n) is 4.88. The van der Waals surface area contributed by atoms with Crippen LogP contribution in [0.1, 0.15) is 32.6 Å². The monoisotopic (exact) mass is 262 g/mol. The van der Waals surface area contributed by atoms with Crippen LogP contribution in [0.4, 0.5) is 0 Å². The summed E-state index contributed by atoms with van der Waals surface area (Å²) in [6.07, 6.45) is 9.42. The summed E-state index contributed by atoms with van der Waals surface area (Å²) in [5, 5.41) is 0. The van der Waals surface area contributed by atoms with Crippen molar-refractivity contribution in [1.82, 2.24) is 0 Å². The van der Waals surface area contributed by atoms with Crippen LogP contribution in [0.5, 0.6) is 0 Å². The van der Waals surface area contributed by atoms with Crippen molar-refractivity contribution in [2.45, 2.75) is 44.8 Å². The van der Waals surface area contributed by atoms with Crippen molar-refractivity contribution in [3.8, 4) is 0 Å². The predicted molar refractivity (Wildman–Crippen MR) is 70.4 cm³/mol. The number of hydrogen-bond donors (Lipinski definition) is 0. The second kappa shape index (κ2) is 4.34. The zero-order valence-electron chi connectivity index (χ0n) is 11.5. The quantitative estimate of drug-likeness (QED) is 0.444. The molecule has 0 aromatic rings. The maximum Gasteiger partial charge on any atom is 0.311 e. The Morgan fingerprint density at radius 1 is 1.26 bits per heavy atom. The lowest BCUT2D eigenvalue weighted by Gasteiger charge is -2.32. The highest BCUT2D eigenvalue weighted by molar-refractivity contribution is 5.74. The lowest BCUT2D eigenvalue weighted by molar-refractivity contribution is -0.151. The summed E-state index contributed by atoms with van der Waals surface area (Å²) in [5.41, 5.74) is 0. The number of rotatable bonds is 4. The van der Waals surface area contributed by atoms with Crippen molar-refractivity contribution in [3.05, 3.63) is 12.2 Å². The van der Waals surface area contributed by atoms with E-state index in [0.717, 1.165) is 25.2 Å². The SMILES string of the molecule is CCCCOC(=O)C1CC2OC1C1C3C=CC(C3)C21. The molecule has 2 aliphatic heterocycles. The third-order valence-electron chi connectivity index (χ3n) is 5.65. The van der Waals surface area contributed by atoms with Gasteiger partial charge in [0.15, 0.2) is 0 Å². The molecule has 3 fully saturated rings. The maximum absolute atomic E-state index is 12.2. The number of ether oxygens (including phenoxy) is 2. The number of esters is 1. The Kier molecular flexibility index (Phi) is 2.73. The van der Waals surface area contributed by atoms with Gasteiger partial charge in [0.05, 0.1) is 24.7 Å². The second-order valence-electron chi connectivity index (χ2n) is 6.61. The second-order valence-corrected chi connectivity index (χ2v) is 6.61. The highest BCUT2D eigenvalue weighted by atomic mass is 16.5. The van der Waals surface area contributed by atoms with E-state index in [-0.39, 0.29) is 18.0 Å². The number of carbonyl (C=O) groups is 1. The van der Waals surface area contributed by atoms with Gasteiger partial charge in [-0.05, 0) is 42.9 Å². The van der Waals surface area contributed by atoms with Crippen LogP contribution in [0, 0.1) is 29.6 Å². The molecule has 3 nitrogen and oxygen atoms in total. The predicted octanol–water partition coefficient (Wildman–Crippen LogP) is 2.56.